The highest BCUT2D eigenvalue weighted by Gasteiger charge is 2.07. The van der Waals surface area contributed by atoms with Crippen LogP contribution in [0, 0.1) is 5.82 Å². The van der Waals surface area contributed by atoms with Gasteiger partial charge in [-0.1, -0.05) is 51.3 Å². The molecule has 2 aromatic rings. The SMILES string of the molecule is Fc1ccc(COc2cccc(Cl)c2Cl)c(Br)c1. The first-order valence-electron chi connectivity index (χ1n) is 5.08. The minimum Gasteiger partial charge on any atom is -0.487 e. The van der Waals surface area contributed by atoms with E-state index in [1.54, 1.807) is 24.3 Å². The molecule has 0 bridgehead atoms. The van der Waals surface area contributed by atoms with Crippen molar-refractivity contribution in [2.45, 2.75) is 6.61 Å². The van der Waals surface area contributed by atoms with Crippen LogP contribution < -0.4 is 4.74 Å². The van der Waals surface area contributed by atoms with E-state index in [1.165, 1.54) is 12.1 Å². The van der Waals surface area contributed by atoms with Gasteiger partial charge in [0.15, 0.2) is 0 Å². The molecular weight excluding hydrogens is 342 g/mol. The highest BCUT2D eigenvalue weighted by atomic mass is 79.9. The molecule has 0 aliphatic rings. The molecule has 0 spiro atoms. The molecule has 0 aromatic heterocycles. The van der Waals surface area contributed by atoms with Gasteiger partial charge < -0.3 is 4.74 Å². The van der Waals surface area contributed by atoms with Crippen LogP contribution in [0.4, 0.5) is 4.39 Å². The molecule has 1 nitrogen and oxygen atoms in total. The number of rotatable bonds is 3. The molecule has 0 fully saturated rings. The summed E-state index contributed by atoms with van der Waals surface area (Å²) >= 11 is 15.1. The predicted octanol–water partition coefficient (Wildman–Crippen LogP) is 5.47. The van der Waals surface area contributed by atoms with Crippen molar-refractivity contribution < 1.29 is 9.13 Å². The number of benzene rings is 2. The summed E-state index contributed by atoms with van der Waals surface area (Å²) in [5.74, 6) is 0.201. The van der Waals surface area contributed by atoms with Crippen molar-refractivity contribution in [2.24, 2.45) is 0 Å². The first-order valence-corrected chi connectivity index (χ1v) is 6.63. The summed E-state index contributed by atoms with van der Waals surface area (Å²) in [6.07, 6.45) is 0. The molecule has 94 valence electrons. The lowest BCUT2D eigenvalue weighted by Crippen LogP contribution is -1.97. The third kappa shape index (κ3) is 3.16. The average molecular weight is 350 g/mol. The summed E-state index contributed by atoms with van der Waals surface area (Å²) in [6.45, 7) is 0.279. The van der Waals surface area contributed by atoms with E-state index in [0.717, 1.165) is 5.56 Å². The van der Waals surface area contributed by atoms with Gasteiger partial charge in [-0.05, 0) is 24.3 Å². The van der Waals surface area contributed by atoms with Gasteiger partial charge in [-0.15, -0.1) is 0 Å². The Hall–Kier alpha value is -0.770. The van der Waals surface area contributed by atoms with Crippen molar-refractivity contribution in [2.75, 3.05) is 0 Å². The minimum absolute atomic E-state index is 0.279. The minimum atomic E-state index is -0.300. The number of halogens is 4. The van der Waals surface area contributed by atoms with Crippen LogP contribution in [0.25, 0.3) is 0 Å². The Bertz CT molecular complexity index is 575. The molecule has 0 atom stereocenters. The van der Waals surface area contributed by atoms with Crippen molar-refractivity contribution in [3.63, 3.8) is 0 Å². The summed E-state index contributed by atoms with van der Waals surface area (Å²) in [7, 11) is 0. The molecule has 2 aromatic carbocycles. The molecule has 0 radical (unpaired) electrons. The highest BCUT2D eigenvalue weighted by molar-refractivity contribution is 9.10. The van der Waals surface area contributed by atoms with Gasteiger partial charge in [0, 0.05) is 10.0 Å². The normalized spacial score (nSPS) is 10.4. The molecule has 2 rings (SSSR count). The third-order valence-electron chi connectivity index (χ3n) is 2.31. The van der Waals surface area contributed by atoms with Crippen LogP contribution >= 0.6 is 39.1 Å². The number of ether oxygens (including phenoxy) is 1. The zero-order valence-corrected chi connectivity index (χ0v) is 12.2. The van der Waals surface area contributed by atoms with Gasteiger partial charge in [-0.2, -0.15) is 0 Å². The lowest BCUT2D eigenvalue weighted by Gasteiger charge is -2.10. The maximum Gasteiger partial charge on any atom is 0.139 e. The second kappa shape index (κ2) is 5.91. The number of hydrogen-bond donors (Lipinski definition) is 0. The molecule has 5 heteroatoms. The molecule has 18 heavy (non-hydrogen) atoms. The highest BCUT2D eigenvalue weighted by Crippen LogP contribution is 2.32. The van der Waals surface area contributed by atoms with Crippen LogP contribution in [0.15, 0.2) is 40.9 Å². The quantitative estimate of drug-likeness (QED) is 0.713. The fraction of sp³-hybridized carbons (Fsp3) is 0.0769. The standard InChI is InChI=1S/C13H8BrCl2FO/c14-10-6-9(17)5-4-8(10)7-18-12-3-1-2-11(15)13(12)16/h1-6H,7H2. The first-order chi connectivity index (χ1) is 8.58. The topological polar surface area (TPSA) is 9.23 Å². The Labute approximate surface area is 123 Å². The Balaban J connectivity index is 2.14. The summed E-state index contributed by atoms with van der Waals surface area (Å²) in [6, 6.07) is 9.58. The summed E-state index contributed by atoms with van der Waals surface area (Å²) < 4.78 is 19.1. The monoisotopic (exact) mass is 348 g/mol. The van der Waals surface area contributed by atoms with Crippen molar-refractivity contribution >= 4 is 39.1 Å². The summed E-state index contributed by atoms with van der Waals surface area (Å²) in [5, 5.41) is 0.810. The molecule has 0 saturated heterocycles. The van der Waals surface area contributed by atoms with Crippen LogP contribution in [-0.2, 0) is 6.61 Å². The fourth-order valence-electron chi connectivity index (χ4n) is 1.39. The molecule has 0 aliphatic carbocycles. The van der Waals surface area contributed by atoms with Gasteiger partial charge in [0.25, 0.3) is 0 Å². The van der Waals surface area contributed by atoms with Gasteiger partial charge in [-0.3, -0.25) is 0 Å². The molecule has 0 unspecified atom stereocenters. The van der Waals surface area contributed by atoms with E-state index in [0.29, 0.717) is 20.3 Å². The van der Waals surface area contributed by atoms with Crippen LogP contribution in [0.3, 0.4) is 0 Å². The second-order valence-electron chi connectivity index (χ2n) is 3.58. The van der Waals surface area contributed by atoms with Gasteiger partial charge >= 0.3 is 0 Å². The molecule has 0 aliphatic heterocycles. The molecule has 0 N–H and O–H groups in total. The first kappa shape index (κ1) is 13.7. The van der Waals surface area contributed by atoms with Gasteiger partial charge in [0.05, 0.1) is 5.02 Å². The van der Waals surface area contributed by atoms with Crippen LogP contribution in [0.2, 0.25) is 10.0 Å². The van der Waals surface area contributed by atoms with Gasteiger partial charge in [0.2, 0.25) is 0 Å². The van der Waals surface area contributed by atoms with Crippen molar-refractivity contribution in [3.05, 3.63) is 62.3 Å². The summed E-state index contributed by atoms with van der Waals surface area (Å²) in [4.78, 5) is 0. The van der Waals surface area contributed by atoms with E-state index in [9.17, 15) is 4.39 Å². The van der Waals surface area contributed by atoms with E-state index in [1.807, 2.05) is 0 Å². The van der Waals surface area contributed by atoms with Crippen molar-refractivity contribution in [1.29, 1.82) is 0 Å². The zero-order valence-electron chi connectivity index (χ0n) is 9.09. The van der Waals surface area contributed by atoms with Crippen molar-refractivity contribution in [3.8, 4) is 5.75 Å². The molecular formula is C13H8BrCl2FO. The third-order valence-corrected chi connectivity index (χ3v) is 3.85. The summed E-state index contributed by atoms with van der Waals surface area (Å²) in [5.41, 5.74) is 0.826. The van der Waals surface area contributed by atoms with E-state index < -0.39 is 0 Å². The van der Waals surface area contributed by atoms with E-state index >= 15 is 0 Å². The van der Waals surface area contributed by atoms with E-state index in [-0.39, 0.29) is 12.4 Å². The molecule has 0 amide bonds. The fourth-order valence-corrected chi connectivity index (χ4v) is 2.20. The Morgan fingerprint density at radius 1 is 1.17 bits per heavy atom. The lowest BCUT2D eigenvalue weighted by molar-refractivity contribution is 0.305. The smallest absolute Gasteiger partial charge is 0.139 e. The Morgan fingerprint density at radius 3 is 2.67 bits per heavy atom. The number of hydrogen-bond acceptors (Lipinski definition) is 1. The maximum absolute atomic E-state index is 12.9. The predicted molar refractivity (Wildman–Crippen MR) is 74.9 cm³/mol. The van der Waals surface area contributed by atoms with E-state index in [2.05, 4.69) is 15.9 Å². The van der Waals surface area contributed by atoms with Crippen LogP contribution in [0.5, 0.6) is 5.75 Å². The second-order valence-corrected chi connectivity index (χ2v) is 5.22. The zero-order chi connectivity index (χ0) is 13.1. The molecule has 0 saturated carbocycles. The lowest BCUT2D eigenvalue weighted by atomic mass is 10.2. The van der Waals surface area contributed by atoms with Gasteiger partial charge in [-0.25, -0.2) is 4.39 Å². The van der Waals surface area contributed by atoms with Gasteiger partial charge in [0.1, 0.15) is 23.2 Å². The Kier molecular flexibility index (Phi) is 4.49. The van der Waals surface area contributed by atoms with Crippen LogP contribution in [-0.4, -0.2) is 0 Å². The molecule has 0 heterocycles. The van der Waals surface area contributed by atoms with E-state index in [4.69, 9.17) is 27.9 Å². The maximum atomic E-state index is 12.9. The largest absolute Gasteiger partial charge is 0.487 e. The van der Waals surface area contributed by atoms with Crippen molar-refractivity contribution in [1.82, 2.24) is 0 Å². The van der Waals surface area contributed by atoms with Crippen LogP contribution in [0.1, 0.15) is 5.56 Å². The Morgan fingerprint density at radius 2 is 1.94 bits per heavy atom. The average Bonchev–Trinajstić information content (AvgIpc) is 2.33.